The highest BCUT2D eigenvalue weighted by Gasteiger charge is 2.54. The highest BCUT2D eigenvalue weighted by atomic mass is 16.5. The molecule has 3 aliphatic rings. The van der Waals surface area contributed by atoms with Gasteiger partial charge in [-0.1, -0.05) is 6.07 Å². The summed E-state index contributed by atoms with van der Waals surface area (Å²) in [7, 11) is 1.71. The number of nitrogens with one attached hydrogen (secondary N) is 1. The third kappa shape index (κ3) is 2.68. The van der Waals surface area contributed by atoms with Crippen LogP contribution in [0.3, 0.4) is 0 Å². The number of aryl methyl sites for hydroxylation is 2. The average Bonchev–Trinajstić information content (AvgIpc) is 3.01. The molecule has 1 aromatic carbocycles. The van der Waals surface area contributed by atoms with E-state index in [1.54, 1.807) is 7.11 Å². The van der Waals surface area contributed by atoms with Crippen LogP contribution in [-0.4, -0.2) is 38.4 Å². The van der Waals surface area contributed by atoms with Crippen LogP contribution in [-0.2, 0) is 22.3 Å². The van der Waals surface area contributed by atoms with E-state index in [0.717, 1.165) is 31.4 Å². The molecule has 1 amide bonds. The van der Waals surface area contributed by atoms with Gasteiger partial charge in [0, 0.05) is 37.2 Å². The molecule has 4 nitrogen and oxygen atoms in total. The van der Waals surface area contributed by atoms with Gasteiger partial charge in [-0.25, -0.2) is 0 Å². The lowest BCUT2D eigenvalue weighted by Gasteiger charge is -2.47. The Balaban J connectivity index is 1.47. The first-order chi connectivity index (χ1) is 11.3. The standard InChI is InChI=1S/C19H25NO3/c1-22-11-16-17(15-8-9-23-18(15)16)20-19(21)14-7-6-12-4-2-3-5-13(12)10-14/h6-7,10,15-18H,2-5,8-9,11H2,1H3,(H,20,21)/t15-,16+,17+,18-/m1/s1. The van der Waals surface area contributed by atoms with Crippen molar-refractivity contribution in [1.82, 2.24) is 5.32 Å². The van der Waals surface area contributed by atoms with E-state index in [1.165, 1.54) is 24.0 Å². The van der Waals surface area contributed by atoms with Crippen LogP contribution in [0.4, 0.5) is 0 Å². The second kappa shape index (κ2) is 6.25. The average molecular weight is 315 g/mol. The molecule has 2 aliphatic carbocycles. The number of amides is 1. The fourth-order valence-corrected chi connectivity index (χ4v) is 4.54. The number of fused-ring (bicyclic) bond motifs is 2. The number of carbonyl (C=O) groups is 1. The summed E-state index contributed by atoms with van der Waals surface area (Å²) < 4.78 is 11.1. The van der Waals surface area contributed by atoms with E-state index < -0.39 is 0 Å². The summed E-state index contributed by atoms with van der Waals surface area (Å²) >= 11 is 0. The molecule has 0 spiro atoms. The zero-order valence-electron chi connectivity index (χ0n) is 13.7. The highest BCUT2D eigenvalue weighted by Crippen LogP contribution is 2.43. The van der Waals surface area contributed by atoms with Crippen molar-refractivity contribution in [3.8, 4) is 0 Å². The van der Waals surface area contributed by atoms with Crippen LogP contribution in [0, 0.1) is 11.8 Å². The van der Waals surface area contributed by atoms with Crippen molar-refractivity contribution in [2.24, 2.45) is 11.8 Å². The van der Waals surface area contributed by atoms with Gasteiger partial charge in [-0.15, -0.1) is 0 Å². The Bertz CT molecular complexity index is 600. The SMILES string of the molecule is COC[C@H]1[C@@H](NC(=O)c2ccc3c(c2)CCCC3)[C@H]2CCO[C@H]21. The molecule has 1 saturated carbocycles. The molecule has 23 heavy (non-hydrogen) atoms. The fraction of sp³-hybridized carbons (Fsp3) is 0.632. The van der Waals surface area contributed by atoms with Crippen LogP contribution in [0.1, 0.15) is 40.7 Å². The zero-order chi connectivity index (χ0) is 15.8. The van der Waals surface area contributed by atoms with E-state index in [9.17, 15) is 4.79 Å². The van der Waals surface area contributed by atoms with Crippen molar-refractivity contribution < 1.29 is 14.3 Å². The van der Waals surface area contributed by atoms with E-state index in [1.807, 2.05) is 6.07 Å². The third-order valence-corrected chi connectivity index (χ3v) is 5.80. The lowest BCUT2D eigenvalue weighted by atomic mass is 9.67. The largest absolute Gasteiger partial charge is 0.384 e. The molecule has 4 heteroatoms. The monoisotopic (exact) mass is 315 g/mol. The smallest absolute Gasteiger partial charge is 0.251 e. The van der Waals surface area contributed by atoms with Crippen LogP contribution >= 0.6 is 0 Å². The van der Waals surface area contributed by atoms with E-state index in [-0.39, 0.29) is 24.0 Å². The minimum absolute atomic E-state index is 0.0508. The quantitative estimate of drug-likeness (QED) is 0.928. The van der Waals surface area contributed by atoms with Crippen LogP contribution in [0.2, 0.25) is 0 Å². The first kappa shape index (κ1) is 15.2. The molecule has 0 unspecified atom stereocenters. The lowest BCUT2D eigenvalue weighted by Crippen LogP contribution is -2.62. The van der Waals surface area contributed by atoms with Crippen molar-refractivity contribution in [2.45, 2.75) is 44.2 Å². The normalized spacial score (nSPS) is 31.9. The van der Waals surface area contributed by atoms with Crippen molar-refractivity contribution in [3.05, 3.63) is 34.9 Å². The van der Waals surface area contributed by atoms with E-state index in [2.05, 4.69) is 17.4 Å². The Morgan fingerprint density at radius 1 is 1.30 bits per heavy atom. The molecular formula is C19H25NO3. The summed E-state index contributed by atoms with van der Waals surface area (Å²) in [5.74, 6) is 0.792. The lowest BCUT2D eigenvalue weighted by molar-refractivity contribution is -0.0809. The number of rotatable bonds is 4. The van der Waals surface area contributed by atoms with Gasteiger partial charge in [0.15, 0.2) is 0 Å². The Morgan fingerprint density at radius 2 is 2.13 bits per heavy atom. The summed E-state index contributed by atoms with van der Waals surface area (Å²) in [5, 5.41) is 3.25. The number of hydrogen-bond acceptors (Lipinski definition) is 3. The first-order valence-corrected chi connectivity index (χ1v) is 8.81. The van der Waals surface area contributed by atoms with Crippen LogP contribution < -0.4 is 5.32 Å². The minimum Gasteiger partial charge on any atom is -0.384 e. The molecule has 1 aliphatic heterocycles. The topological polar surface area (TPSA) is 47.6 Å². The Kier molecular flexibility index (Phi) is 4.12. The van der Waals surface area contributed by atoms with Crippen molar-refractivity contribution in [1.29, 1.82) is 0 Å². The molecular weight excluding hydrogens is 290 g/mol. The molecule has 0 radical (unpaired) electrons. The van der Waals surface area contributed by atoms with Gasteiger partial charge in [0.25, 0.3) is 5.91 Å². The van der Waals surface area contributed by atoms with Crippen molar-refractivity contribution in [2.75, 3.05) is 20.3 Å². The van der Waals surface area contributed by atoms with E-state index in [0.29, 0.717) is 12.5 Å². The molecule has 1 saturated heterocycles. The Labute approximate surface area is 137 Å². The zero-order valence-corrected chi connectivity index (χ0v) is 13.7. The number of carbonyl (C=O) groups excluding carboxylic acids is 1. The van der Waals surface area contributed by atoms with E-state index >= 15 is 0 Å². The number of methoxy groups -OCH3 is 1. The number of ether oxygens (including phenoxy) is 2. The highest BCUT2D eigenvalue weighted by molar-refractivity contribution is 5.94. The van der Waals surface area contributed by atoms with Gasteiger partial charge in [-0.05, 0) is 55.4 Å². The fourth-order valence-electron chi connectivity index (χ4n) is 4.54. The molecule has 0 aromatic heterocycles. The molecule has 2 fully saturated rings. The summed E-state index contributed by atoms with van der Waals surface area (Å²) in [6.45, 7) is 1.46. The maximum Gasteiger partial charge on any atom is 0.251 e. The van der Waals surface area contributed by atoms with Crippen molar-refractivity contribution >= 4 is 5.91 Å². The summed E-state index contributed by atoms with van der Waals surface area (Å²) in [6.07, 6.45) is 6.06. The maximum absolute atomic E-state index is 12.7. The second-order valence-electron chi connectivity index (χ2n) is 7.10. The van der Waals surface area contributed by atoms with Crippen LogP contribution in [0.15, 0.2) is 18.2 Å². The van der Waals surface area contributed by atoms with E-state index in [4.69, 9.17) is 9.47 Å². The van der Waals surface area contributed by atoms with Crippen LogP contribution in [0.5, 0.6) is 0 Å². The molecule has 1 aromatic rings. The van der Waals surface area contributed by atoms with Crippen molar-refractivity contribution in [3.63, 3.8) is 0 Å². The summed E-state index contributed by atoms with van der Waals surface area (Å²) in [6, 6.07) is 6.40. The third-order valence-electron chi connectivity index (χ3n) is 5.80. The predicted octanol–water partition coefficient (Wildman–Crippen LogP) is 2.35. The van der Waals surface area contributed by atoms with Gasteiger partial charge in [0.1, 0.15) is 0 Å². The van der Waals surface area contributed by atoms with Crippen LogP contribution in [0.25, 0.3) is 0 Å². The second-order valence-corrected chi connectivity index (χ2v) is 7.10. The first-order valence-electron chi connectivity index (χ1n) is 8.81. The molecule has 1 N–H and O–H groups in total. The number of hydrogen-bond donors (Lipinski definition) is 1. The Hall–Kier alpha value is -1.39. The van der Waals surface area contributed by atoms with Gasteiger partial charge in [0.2, 0.25) is 0 Å². The molecule has 1 heterocycles. The van der Waals surface area contributed by atoms with Gasteiger partial charge in [0.05, 0.1) is 12.7 Å². The minimum atomic E-state index is 0.0508. The van der Waals surface area contributed by atoms with Gasteiger partial charge in [-0.3, -0.25) is 4.79 Å². The molecule has 0 bridgehead atoms. The van der Waals surface area contributed by atoms with Gasteiger partial charge >= 0.3 is 0 Å². The maximum atomic E-state index is 12.7. The molecule has 4 atom stereocenters. The molecule has 124 valence electrons. The summed E-state index contributed by atoms with van der Waals surface area (Å²) in [5.41, 5.74) is 3.56. The predicted molar refractivity (Wildman–Crippen MR) is 87.6 cm³/mol. The summed E-state index contributed by atoms with van der Waals surface area (Å²) in [4.78, 5) is 12.7. The number of benzene rings is 1. The molecule has 4 rings (SSSR count). The van der Waals surface area contributed by atoms with Gasteiger partial charge < -0.3 is 14.8 Å². The Morgan fingerprint density at radius 3 is 2.96 bits per heavy atom. The van der Waals surface area contributed by atoms with Gasteiger partial charge in [-0.2, -0.15) is 0 Å².